The lowest BCUT2D eigenvalue weighted by atomic mass is 9.55. The topological polar surface area (TPSA) is 22.1 Å². The van der Waals surface area contributed by atoms with Gasteiger partial charge in [0, 0.05) is 21.6 Å². The van der Waals surface area contributed by atoms with Crippen LogP contribution in [0.1, 0.15) is 0 Å². The molecule has 2 nitrogen and oxygen atoms in total. The first kappa shape index (κ1) is 18.2. The van der Waals surface area contributed by atoms with Crippen LogP contribution < -0.4 is 15.6 Å². The van der Waals surface area contributed by atoms with Crippen LogP contribution in [0.15, 0.2) is 79.0 Å². The Kier molecular flexibility index (Phi) is 5.26. The molecular weight excluding hydrogens is 399 g/mol. The van der Waals surface area contributed by atoms with E-state index in [9.17, 15) is 0 Å². The molecule has 3 aromatic carbocycles. The van der Waals surface area contributed by atoms with Crippen molar-refractivity contribution in [1.29, 1.82) is 0 Å². The van der Waals surface area contributed by atoms with E-state index in [1.807, 2.05) is 72.8 Å². The van der Waals surface area contributed by atoms with Gasteiger partial charge in [-0.05, 0) is 59.5 Å². The van der Waals surface area contributed by atoms with E-state index < -0.39 is 0 Å². The fourth-order valence-corrected chi connectivity index (χ4v) is 3.41. The summed E-state index contributed by atoms with van der Waals surface area (Å²) in [6.07, 6.45) is 1.73. The van der Waals surface area contributed by atoms with E-state index in [-0.39, 0.29) is 6.92 Å². The second-order valence-corrected chi connectivity index (χ2v) is 7.33. The van der Waals surface area contributed by atoms with Gasteiger partial charge in [0.2, 0.25) is 0 Å². The Labute approximate surface area is 172 Å². The van der Waals surface area contributed by atoms with Crippen LogP contribution in [0.4, 0.5) is 0 Å². The van der Waals surface area contributed by atoms with Gasteiger partial charge in [0.15, 0.2) is 0 Å². The van der Waals surface area contributed by atoms with Crippen LogP contribution in [0.3, 0.4) is 0 Å². The average molecular weight is 413 g/mol. The van der Waals surface area contributed by atoms with Gasteiger partial charge in [-0.25, -0.2) is 0 Å². The van der Waals surface area contributed by atoms with Crippen molar-refractivity contribution in [2.24, 2.45) is 0 Å². The second kappa shape index (κ2) is 7.81. The summed E-state index contributed by atoms with van der Waals surface area (Å²) in [4.78, 5) is 4.46. The number of benzene rings is 3. The van der Waals surface area contributed by atoms with Crippen LogP contribution in [0.25, 0.3) is 10.9 Å². The van der Waals surface area contributed by atoms with Crippen molar-refractivity contribution in [2.75, 3.05) is 0 Å². The summed E-state index contributed by atoms with van der Waals surface area (Å²) in [5.74, 6) is 0.657. The summed E-state index contributed by atoms with van der Waals surface area (Å²) in [6.45, 7) is -0.342. The first-order chi connectivity index (χ1) is 13.1. The predicted octanol–water partition coefficient (Wildman–Crippen LogP) is 5.38. The average Bonchev–Trinajstić information content (AvgIpc) is 2.70. The largest absolute Gasteiger partial charge is 0.550 e. The summed E-state index contributed by atoms with van der Waals surface area (Å²) in [6, 6.07) is 22.6. The third-order valence-corrected chi connectivity index (χ3v) is 5.10. The van der Waals surface area contributed by atoms with Crippen LogP contribution in [0.2, 0.25) is 15.1 Å². The van der Waals surface area contributed by atoms with Crippen LogP contribution >= 0.6 is 34.8 Å². The van der Waals surface area contributed by atoms with Crippen molar-refractivity contribution in [3.05, 3.63) is 94.1 Å². The molecule has 0 N–H and O–H groups in total. The lowest BCUT2D eigenvalue weighted by Gasteiger charge is -2.18. The highest BCUT2D eigenvalue weighted by Crippen LogP contribution is 2.30. The quantitative estimate of drug-likeness (QED) is 0.420. The number of fused-ring (bicyclic) bond motifs is 1. The van der Waals surface area contributed by atoms with Gasteiger partial charge in [0.05, 0.1) is 5.02 Å². The van der Waals surface area contributed by atoms with E-state index in [4.69, 9.17) is 39.5 Å². The van der Waals surface area contributed by atoms with Gasteiger partial charge in [-0.1, -0.05) is 59.1 Å². The van der Waals surface area contributed by atoms with Gasteiger partial charge in [-0.3, -0.25) is 4.98 Å². The highest BCUT2D eigenvalue weighted by molar-refractivity contribution is 6.80. The summed E-state index contributed by atoms with van der Waals surface area (Å²) in [5, 5.41) is 2.84. The number of hydrogen-bond donors (Lipinski definition) is 0. The van der Waals surface area contributed by atoms with Gasteiger partial charge < -0.3 is 4.65 Å². The van der Waals surface area contributed by atoms with E-state index in [1.54, 1.807) is 6.20 Å². The zero-order valence-corrected chi connectivity index (χ0v) is 16.3. The molecule has 0 aliphatic carbocycles. The molecule has 132 valence electrons. The normalized spacial score (nSPS) is 10.8. The molecule has 0 fully saturated rings. The van der Waals surface area contributed by atoms with Crippen molar-refractivity contribution < 1.29 is 4.65 Å². The lowest BCUT2D eigenvalue weighted by molar-refractivity contribution is 0.597. The molecule has 0 amide bonds. The van der Waals surface area contributed by atoms with Gasteiger partial charge in [-0.2, -0.15) is 0 Å². The first-order valence-corrected chi connectivity index (χ1v) is 9.46. The summed E-state index contributed by atoms with van der Waals surface area (Å²) >= 11 is 18.4. The highest BCUT2D eigenvalue weighted by Gasteiger charge is 2.25. The maximum Gasteiger partial charge on any atom is 0.426 e. The molecule has 27 heavy (non-hydrogen) atoms. The standard InChI is InChI=1S/C21H13BCl3NO/c23-16-7-3-14(4-8-16)22(15-5-9-17(24)10-6-15)27-20-12-11-19(25)18-2-1-13-26-21(18)20/h1-13H. The molecule has 4 aromatic rings. The second-order valence-electron chi connectivity index (χ2n) is 6.05. The molecule has 0 atom stereocenters. The Balaban J connectivity index is 1.81. The molecule has 0 spiro atoms. The van der Waals surface area contributed by atoms with Crippen LogP contribution in [-0.2, 0) is 0 Å². The monoisotopic (exact) mass is 411 g/mol. The van der Waals surface area contributed by atoms with Crippen LogP contribution in [-0.4, -0.2) is 11.9 Å². The Morgan fingerprint density at radius 3 is 1.89 bits per heavy atom. The fraction of sp³-hybridized carbons (Fsp3) is 0. The van der Waals surface area contributed by atoms with Gasteiger partial charge in [0.25, 0.3) is 0 Å². The molecule has 0 saturated heterocycles. The summed E-state index contributed by atoms with van der Waals surface area (Å²) in [5.41, 5.74) is 2.67. The van der Waals surface area contributed by atoms with Crippen molar-refractivity contribution in [2.45, 2.75) is 0 Å². The van der Waals surface area contributed by atoms with Gasteiger partial charge in [0.1, 0.15) is 11.3 Å². The SMILES string of the molecule is Clc1ccc(B(Oc2ccc(Cl)c3cccnc23)c2ccc(Cl)cc2)cc1. The minimum atomic E-state index is -0.342. The van der Waals surface area contributed by atoms with Gasteiger partial charge in [-0.15, -0.1) is 0 Å². The minimum absolute atomic E-state index is 0.342. The van der Waals surface area contributed by atoms with E-state index in [2.05, 4.69) is 4.98 Å². The number of rotatable bonds is 4. The highest BCUT2D eigenvalue weighted by atomic mass is 35.5. The van der Waals surface area contributed by atoms with Crippen molar-refractivity contribution in [3.8, 4) is 5.75 Å². The summed E-state index contributed by atoms with van der Waals surface area (Å²) < 4.78 is 6.43. The van der Waals surface area contributed by atoms with E-state index >= 15 is 0 Å². The Morgan fingerprint density at radius 1 is 0.704 bits per heavy atom. The number of pyridine rings is 1. The molecule has 0 radical (unpaired) electrons. The Morgan fingerprint density at radius 2 is 1.30 bits per heavy atom. The molecule has 4 rings (SSSR count). The van der Waals surface area contributed by atoms with Crippen LogP contribution in [0, 0.1) is 0 Å². The molecule has 0 aliphatic heterocycles. The van der Waals surface area contributed by atoms with Crippen molar-refractivity contribution in [1.82, 2.24) is 4.98 Å². The first-order valence-electron chi connectivity index (χ1n) is 8.32. The molecule has 6 heteroatoms. The molecule has 0 unspecified atom stereocenters. The lowest BCUT2D eigenvalue weighted by Crippen LogP contribution is -2.47. The molecule has 0 bridgehead atoms. The van der Waals surface area contributed by atoms with Crippen molar-refractivity contribution in [3.63, 3.8) is 0 Å². The Hall–Kier alpha value is -2.20. The minimum Gasteiger partial charge on any atom is -0.550 e. The number of halogens is 3. The Bertz CT molecular complexity index is 1040. The molecular formula is C21H13BCl3NO. The maximum atomic E-state index is 6.43. The van der Waals surface area contributed by atoms with E-state index in [1.165, 1.54) is 0 Å². The third-order valence-electron chi connectivity index (χ3n) is 4.27. The van der Waals surface area contributed by atoms with Crippen LogP contribution in [0.5, 0.6) is 5.75 Å². The van der Waals surface area contributed by atoms with Crippen molar-refractivity contribution >= 4 is 63.5 Å². The smallest absolute Gasteiger partial charge is 0.426 e. The molecule has 1 heterocycles. The van der Waals surface area contributed by atoms with Gasteiger partial charge >= 0.3 is 6.92 Å². The number of nitrogens with zero attached hydrogens (tertiary/aromatic N) is 1. The number of aromatic nitrogens is 1. The number of hydrogen-bond acceptors (Lipinski definition) is 2. The summed E-state index contributed by atoms with van der Waals surface area (Å²) in [7, 11) is 0. The molecule has 1 aromatic heterocycles. The molecule has 0 saturated carbocycles. The maximum absolute atomic E-state index is 6.43. The van der Waals surface area contributed by atoms with E-state index in [0.717, 1.165) is 21.8 Å². The third kappa shape index (κ3) is 3.91. The fourth-order valence-electron chi connectivity index (χ4n) is 2.94. The van der Waals surface area contributed by atoms with E-state index in [0.29, 0.717) is 20.8 Å². The predicted molar refractivity (Wildman–Crippen MR) is 115 cm³/mol. The zero-order valence-electron chi connectivity index (χ0n) is 14.1. The zero-order chi connectivity index (χ0) is 18.8. The molecule has 0 aliphatic rings.